The van der Waals surface area contributed by atoms with E-state index in [4.69, 9.17) is 4.42 Å². The Morgan fingerprint density at radius 3 is 2.21 bits per heavy atom. The molecular formula is C38H20N2OS. The van der Waals surface area contributed by atoms with Gasteiger partial charge in [0.2, 0.25) is 0 Å². The van der Waals surface area contributed by atoms with E-state index in [1.54, 1.807) is 17.4 Å². The van der Waals surface area contributed by atoms with Gasteiger partial charge in [-0.15, -0.1) is 11.3 Å². The summed E-state index contributed by atoms with van der Waals surface area (Å²) in [6.07, 6.45) is 0. The Hall–Kier alpha value is -5.68. The third kappa shape index (κ3) is 3.64. The molecule has 0 atom stereocenters. The van der Waals surface area contributed by atoms with Crippen molar-refractivity contribution < 1.29 is 4.42 Å². The molecule has 0 aliphatic carbocycles. The molecule has 0 amide bonds. The lowest BCUT2D eigenvalue weighted by Gasteiger charge is -2.15. The predicted octanol–water partition coefficient (Wildman–Crippen LogP) is 10.7. The van der Waals surface area contributed by atoms with Crippen LogP contribution in [0.15, 0.2) is 126 Å². The van der Waals surface area contributed by atoms with Gasteiger partial charge in [0.1, 0.15) is 11.2 Å². The summed E-state index contributed by atoms with van der Waals surface area (Å²) in [7, 11) is 0. The lowest BCUT2D eigenvalue weighted by molar-refractivity contribution is 0.669. The van der Waals surface area contributed by atoms with Crippen molar-refractivity contribution in [1.29, 1.82) is 10.5 Å². The molecule has 8 aromatic rings. The fourth-order valence-corrected chi connectivity index (χ4v) is 7.31. The summed E-state index contributed by atoms with van der Waals surface area (Å²) in [4.78, 5) is 0. The van der Waals surface area contributed by atoms with Crippen molar-refractivity contribution in [2.24, 2.45) is 0 Å². The first kappa shape index (κ1) is 24.1. The Kier molecular flexibility index (Phi) is 5.44. The van der Waals surface area contributed by atoms with Gasteiger partial charge in [0.05, 0.1) is 23.3 Å². The zero-order valence-corrected chi connectivity index (χ0v) is 23.1. The highest BCUT2D eigenvalue weighted by molar-refractivity contribution is 7.26. The van der Waals surface area contributed by atoms with Crippen molar-refractivity contribution >= 4 is 53.4 Å². The molecule has 0 bridgehead atoms. The monoisotopic (exact) mass is 552 g/mol. The Balaban J connectivity index is 1.43. The topological polar surface area (TPSA) is 60.7 Å². The Morgan fingerprint density at radius 2 is 1.31 bits per heavy atom. The first-order chi connectivity index (χ1) is 20.7. The maximum atomic E-state index is 10.1. The van der Waals surface area contributed by atoms with Crippen molar-refractivity contribution in [3.63, 3.8) is 0 Å². The van der Waals surface area contributed by atoms with Crippen LogP contribution in [0.1, 0.15) is 11.1 Å². The van der Waals surface area contributed by atoms with Crippen molar-refractivity contribution in [2.45, 2.75) is 0 Å². The average Bonchev–Trinajstić information content (AvgIpc) is 3.62. The number of thiophene rings is 1. The van der Waals surface area contributed by atoms with Crippen molar-refractivity contribution in [2.75, 3.05) is 0 Å². The summed E-state index contributed by atoms with van der Waals surface area (Å²) in [5.74, 6) is 0. The summed E-state index contributed by atoms with van der Waals surface area (Å²) in [6, 6.07) is 45.6. The summed E-state index contributed by atoms with van der Waals surface area (Å²) in [6.45, 7) is 0. The van der Waals surface area contributed by atoms with Gasteiger partial charge in [0, 0.05) is 42.1 Å². The molecule has 0 radical (unpaired) electrons. The lowest BCUT2D eigenvalue weighted by atomic mass is 9.88. The normalized spacial score (nSPS) is 11.3. The zero-order valence-electron chi connectivity index (χ0n) is 22.3. The van der Waals surface area contributed by atoms with Gasteiger partial charge < -0.3 is 4.42 Å². The molecule has 0 N–H and O–H groups in total. The molecular weight excluding hydrogens is 532 g/mol. The molecule has 4 heteroatoms. The van der Waals surface area contributed by atoms with Gasteiger partial charge in [-0.05, 0) is 64.7 Å². The van der Waals surface area contributed by atoms with Crippen LogP contribution in [0.3, 0.4) is 0 Å². The predicted molar refractivity (Wildman–Crippen MR) is 172 cm³/mol. The summed E-state index contributed by atoms with van der Waals surface area (Å²) in [5, 5.41) is 24.0. The minimum Gasteiger partial charge on any atom is -0.456 e. The van der Waals surface area contributed by atoms with Crippen LogP contribution in [-0.2, 0) is 0 Å². The Morgan fingerprint density at radius 1 is 0.524 bits per heavy atom. The zero-order chi connectivity index (χ0) is 28.2. The summed E-state index contributed by atoms with van der Waals surface area (Å²) < 4.78 is 8.67. The molecule has 0 unspecified atom stereocenters. The maximum Gasteiger partial charge on any atom is 0.136 e. The van der Waals surface area contributed by atoms with E-state index < -0.39 is 0 Å². The van der Waals surface area contributed by atoms with Gasteiger partial charge in [0.15, 0.2) is 0 Å². The standard InChI is InChI=1S/C38H20N2OS/c39-21-23-15-18-34-33(19-23)37-27(10-6-13-35(37)41-34)24-16-17-28(32(20-24)26-8-2-1-7-25(26)22-40)30-11-5-12-31-29-9-3-4-14-36(29)42-38(30)31/h1-20H. The van der Waals surface area contributed by atoms with E-state index >= 15 is 0 Å². The largest absolute Gasteiger partial charge is 0.456 e. The molecule has 42 heavy (non-hydrogen) atoms. The highest BCUT2D eigenvalue weighted by atomic mass is 32.1. The SMILES string of the molecule is N#Cc1ccc2oc3cccc(-c4ccc(-c5cccc6c5sc5ccccc56)c(-c5ccccc5C#N)c4)c3c2c1. The quantitative estimate of drug-likeness (QED) is 0.219. The molecule has 0 saturated heterocycles. The van der Waals surface area contributed by atoms with E-state index in [1.807, 2.05) is 48.5 Å². The third-order valence-corrected chi connectivity index (χ3v) is 9.21. The molecule has 0 aliphatic rings. The second kappa shape index (κ2) is 9.46. The van der Waals surface area contributed by atoms with Crippen LogP contribution in [0.5, 0.6) is 0 Å². The molecule has 0 fully saturated rings. The van der Waals surface area contributed by atoms with E-state index in [2.05, 4.69) is 78.9 Å². The van der Waals surface area contributed by atoms with E-state index in [1.165, 1.54) is 20.2 Å². The second-order valence-electron chi connectivity index (χ2n) is 10.3. The highest BCUT2D eigenvalue weighted by Crippen LogP contribution is 2.45. The number of benzene rings is 6. The average molecular weight is 553 g/mol. The number of hydrogen-bond acceptors (Lipinski definition) is 4. The number of furan rings is 1. The van der Waals surface area contributed by atoms with Crippen molar-refractivity contribution in [3.05, 3.63) is 132 Å². The Labute approximate surface area is 245 Å². The van der Waals surface area contributed by atoms with Gasteiger partial charge in [-0.25, -0.2) is 0 Å². The number of nitrogens with zero attached hydrogens (tertiary/aromatic N) is 2. The van der Waals surface area contributed by atoms with E-state index in [-0.39, 0.29) is 0 Å². The molecule has 0 aliphatic heterocycles. The maximum absolute atomic E-state index is 10.1. The highest BCUT2D eigenvalue weighted by Gasteiger charge is 2.19. The number of hydrogen-bond donors (Lipinski definition) is 0. The minimum absolute atomic E-state index is 0.593. The number of fused-ring (bicyclic) bond motifs is 6. The van der Waals surface area contributed by atoms with Crippen LogP contribution < -0.4 is 0 Å². The summed E-state index contributed by atoms with van der Waals surface area (Å²) in [5.41, 5.74) is 8.89. The fourth-order valence-electron chi connectivity index (χ4n) is 6.08. The van der Waals surface area contributed by atoms with Crippen molar-refractivity contribution in [1.82, 2.24) is 0 Å². The van der Waals surface area contributed by atoms with E-state index in [9.17, 15) is 10.5 Å². The number of nitriles is 2. The molecule has 8 rings (SSSR count). The molecule has 194 valence electrons. The van der Waals surface area contributed by atoms with E-state index in [0.717, 1.165) is 55.3 Å². The number of rotatable bonds is 3. The Bertz CT molecular complexity index is 2450. The van der Waals surface area contributed by atoms with Gasteiger partial charge in [-0.3, -0.25) is 0 Å². The van der Waals surface area contributed by atoms with Gasteiger partial charge >= 0.3 is 0 Å². The first-order valence-electron chi connectivity index (χ1n) is 13.6. The van der Waals surface area contributed by atoms with Crippen LogP contribution in [0.25, 0.3) is 75.5 Å². The molecule has 0 spiro atoms. The minimum atomic E-state index is 0.593. The van der Waals surface area contributed by atoms with Crippen LogP contribution in [-0.4, -0.2) is 0 Å². The van der Waals surface area contributed by atoms with Crippen LogP contribution in [0, 0.1) is 22.7 Å². The first-order valence-corrected chi connectivity index (χ1v) is 14.4. The molecule has 6 aromatic carbocycles. The van der Waals surface area contributed by atoms with Crippen LogP contribution in [0.2, 0.25) is 0 Å². The second-order valence-corrected chi connectivity index (χ2v) is 11.4. The van der Waals surface area contributed by atoms with E-state index in [0.29, 0.717) is 11.1 Å². The van der Waals surface area contributed by atoms with Crippen molar-refractivity contribution in [3.8, 4) is 45.5 Å². The van der Waals surface area contributed by atoms with Gasteiger partial charge in [-0.1, -0.05) is 78.9 Å². The molecule has 0 saturated carbocycles. The van der Waals surface area contributed by atoms with Gasteiger partial charge in [-0.2, -0.15) is 10.5 Å². The summed E-state index contributed by atoms with van der Waals surface area (Å²) >= 11 is 1.80. The molecule has 3 nitrogen and oxygen atoms in total. The van der Waals surface area contributed by atoms with Crippen LogP contribution in [0.4, 0.5) is 0 Å². The lowest BCUT2D eigenvalue weighted by Crippen LogP contribution is -1.91. The van der Waals surface area contributed by atoms with Crippen LogP contribution >= 0.6 is 11.3 Å². The fraction of sp³-hybridized carbons (Fsp3) is 0. The molecule has 2 aromatic heterocycles. The smallest absolute Gasteiger partial charge is 0.136 e. The van der Waals surface area contributed by atoms with Gasteiger partial charge in [0.25, 0.3) is 0 Å². The third-order valence-electron chi connectivity index (χ3n) is 7.99. The molecule has 2 heterocycles.